The van der Waals surface area contributed by atoms with Crippen LogP contribution in [-0.2, 0) is 30.2 Å². The molecule has 0 saturated carbocycles. The molecule has 0 spiro atoms. The van der Waals surface area contributed by atoms with Crippen LogP contribution >= 0.6 is 47.2 Å². The molecular weight excluding hydrogens is 641 g/mol. The molecule has 1 aliphatic heterocycles. The average Bonchev–Trinajstić information content (AvgIpc) is 3.44. The zero-order valence-corrected chi connectivity index (χ0v) is 25.8. The molecule has 0 radical (unpaired) electrons. The number of aromatic nitrogens is 4. The number of carbonyl (C=O) groups is 2. The summed E-state index contributed by atoms with van der Waals surface area (Å²) < 4.78 is 15.6. The second kappa shape index (κ2) is 11.9. The molecule has 1 amide bonds. The van der Waals surface area contributed by atoms with E-state index in [9.17, 15) is 19.2 Å². The molecule has 0 atom stereocenters. The number of thioether (sulfide) groups is 1. The summed E-state index contributed by atoms with van der Waals surface area (Å²) in [6, 6.07) is 9.77. The van der Waals surface area contributed by atoms with Gasteiger partial charge in [0.05, 0.1) is 18.6 Å². The third-order valence-electron chi connectivity index (χ3n) is 6.51. The molecule has 3 heterocycles. The molecule has 222 valence electrons. The van der Waals surface area contributed by atoms with Crippen LogP contribution in [0.5, 0.6) is 17.5 Å². The number of methoxy groups -OCH3 is 1. The number of imidazole rings is 1. The summed E-state index contributed by atoms with van der Waals surface area (Å²) in [5.74, 6) is -1.21. The number of carbonyl (C=O) groups excluding carboxylic acids is 1. The average molecular weight is 663 g/mol. The number of aliphatic carboxylic acids is 1. The van der Waals surface area contributed by atoms with Gasteiger partial charge in [-0.15, -0.1) is 0 Å². The summed E-state index contributed by atoms with van der Waals surface area (Å²) >= 11 is 18.7. The number of ether oxygens (including phenoxy) is 2. The molecule has 43 heavy (non-hydrogen) atoms. The molecular formula is C27H21Cl2N5O7S2. The Bertz CT molecular complexity index is 2000. The molecule has 0 aliphatic carbocycles. The van der Waals surface area contributed by atoms with E-state index >= 15 is 0 Å². The van der Waals surface area contributed by atoms with Gasteiger partial charge in [-0.2, -0.15) is 4.98 Å². The SMILES string of the molecule is COc1cc(/C=C2/SC(=S)N(CC(=O)O)C2=O)ccc1Oc1nc2c(c(=O)n(C)c(=O)n2C)n1Cc1ccc(Cl)cc1Cl. The van der Waals surface area contributed by atoms with E-state index < -0.39 is 29.7 Å². The van der Waals surface area contributed by atoms with Crippen LogP contribution in [0, 0.1) is 0 Å². The Hall–Kier alpha value is -4.11. The largest absolute Gasteiger partial charge is 0.493 e. The highest BCUT2D eigenvalue weighted by Crippen LogP contribution is 2.37. The van der Waals surface area contributed by atoms with Crippen LogP contribution in [0.4, 0.5) is 0 Å². The molecule has 0 unspecified atom stereocenters. The molecule has 12 nitrogen and oxygen atoms in total. The van der Waals surface area contributed by atoms with Crippen LogP contribution in [0.2, 0.25) is 10.0 Å². The lowest BCUT2D eigenvalue weighted by Gasteiger charge is -2.13. The molecule has 1 saturated heterocycles. The maximum Gasteiger partial charge on any atom is 0.332 e. The third-order valence-corrected chi connectivity index (χ3v) is 8.47. The standard InChI is InChI=1S/C27H21Cl2N5O7S2/c1-31-22-21(24(38)32(2)26(31)39)33(11-14-5-6-15(28)10-16(14)29)25(30-22)41-17-7-4-13(8-18(17)40-3)9-19-23(37)34(12-20(35)36)27(42)43-19/h4-10H,11-12H2,1-3H3,(H,35,36)/b19-9+. The fourth-order valence-corrected chi connectivity index (χ4v) is 6.07. The highest BCUT2D eigenvalue weighted by atomic mass is 35.5. The summed E-state index contributed by atoms with van der Waals surface area (Å²) in [4.78, 5) is 55.4. The van der Waals surface area contributed by atoms with Crippen molar-refractivity contribution in [2.45, 2.75) is 6.54 Å². The van der Waals surface area contributed by atoms with E-state index in [1.54, 1.807) is 42.5 Å². The number of rotatable bonds is 8. The van der Waals surface area contributed by atoms with Gasteiger partial charge in [-0.1, -0.05) is 59.3 Å². The predicted molar refractivity (Wildman–Crippen MR) is 166 cm³/mol. The Morgan fingerprint density at radius 2 is 1.84 bits per heavy atom. The highest BCUT2D eigenvalue weighted by molar-refractivity contribution is 8.26. The number of benzene rings is 2. The van der Waals surface area contributed by atoms with Gasteiger partial charge in [0, 0.05) is 24.1 Å². The molecule has 2 aromatic carbocycles. The Morgan fingerprint density at radius 3 is 2.51 bits per heavy atom. The monoisotopic (exact) mass is 661 g/mol. The van der Waals surface area contributed by atoms with Crippen LogP contribution in [-0.4, -0.2) is 58.5 Å². The minimum Gasteiger partial charge on any atom is -0.493 e. The summed E-state index contributed by atoms with van der Waals surface area (Å²) in [5, 5.41) is 9.87. The number of halogens is 2. The first kappa shape index (κ1) is 30.4. The molecule has 2 aromatic heterocycles. The number of hydrogen-bond donors (Lipinski definition) is 1. The van der Waals surface area contributed by atoms with Crippen molar-refractivity contribution in [2.75, 3.05) is 13.7 Å². The lowest BCUT2D eigenvalue weighted by Crippen LogP contribution is -2.37. The maximum atomic E-state index is 13.3. The third kappa shape index (κ3) is 5.78. The zero-order valence-electron chi connectivity index (χ0n) is 22.7. The van der Waals surface area contributed by atoms with Crippen LogP contribution in [0.3, 0.4) is 0 Å². The van der Waals surface area contributed by atoms with E-state index in [0.717, 1.165) is 21.2 Å². The topological polar surface area (TPSA) is 138 Å². The summed E-state index contributed by atoms with van der Waals surface area (Å²) in [5.41, 5.74) is 0.255. The lowest BCUT2D eigenvalue weighted by molar-refractivity contribution is -0.140. The molecule has 5 rings (SSSR count). The first-order valence-electron chi connectivity index (χ1n) is 12.3. The van der Waals surface area contributed by atoms with Crippen molar-refractivity contribution < 1.29 is 24.2 Å². The molecule has 4 aromatic rings. The number of hydrogen-bond acceptors (Lipinski definition) is 9. The zero-order chi connectivity index (χ0) is 31.2. The minimum absolute atomic E-state index is 0.0140. The quantitative estimate of drug-likeness (QED) is 0.219. The Kier molecular flexibility index (Phi) is 8.38. The van der Waals surface area contributed by atoms with E-state index in [1.165, 1.54) is 30.3 Å². The van der Waals surface area contributed by atoms with Crippen molar-refractivity contribution in [3.63, 3.8) is 0 Å². The van der Waals surface area contributed by atoms with Gasteiger partial charge in [0.25, 0.3) is 11.5 Å². The fourth-order valence-electron chi connectivity index (χ4n) is 4.35. The number of carboxylic acids is 1. The van der Waals surface area contributed by atoms with Crippen LogP contribution in [0.1, 0.15) is 11.1 Å². The number of fused-ring (bicyclic) bond motifs is 1. The Labute approximate surface area is 262 Å². The first-order chi connectivity index (χ1) is 20.4. The van der Waals surface area contributed by atoms with E-state index in [1.807, 2.05) is 0 Å². The molecule has 0 bridgehead atoms. The van der Waals surface area contributed by atoms with E-state index in [-0.39, 0.29) is 44.4 Å². The Morgan fingerprint density at radius 1 is 1.09 bits per heavy atom. The number of carboxylic acid groups (broad SMARTS) is 1. The summed E-state index contributed by atoms with van der Waals surface area (Å²) in [6.07, 6.45) is 1.56. The van der Waals surface area contributed by atoms with E-state index in [2.05, 4.69) is 4.98 Å². The van der Waals surface area contributed by atoms with Crippen molar-refractivity contribution in [3.05, 3.63) is 83.3 Å². The van der Waals surface area contributed by atoms with Gasteiger partial charge in [0.2, 0.25) is 0 Å². The highest BCUT2D eigenvalue weighted by Gasteiger charge is 2.33. The van der Waals surface area contributed by atoms with Crippen molar-refractivity contribution >= 4 is 80.6 Å². The van der Waals surface area contributed by atoms with Gasteiger partial charge in [-0.25, -0.2) is 4.79 Å². The van der Waals surface area contributed by atoms with E-state index in [4.69, 9.17) is 50.0 Å². The number of nitrogens with zero attached hydrogens (tertiary/aromatic N) is 5. The normalized spacial score (nSPS) is 14.3. The second-order valence-corrected chi connectivity index (χ2v) is 11.8. The van der Waals surface area contributed by atoms with Gasteiger partial charge in [0.1, 0.15) is 10.9 Å². The van der Waals surface area contributed by atoms with E-state index in [0.29, 0.717) is 21.2 Å². The van der Waals surface area contributed by atoms with Crippen LogP contribution in [0.15, 0.2) is 50.9 Å². The van der Waals surface area contributed by atoms with Crippen molar-refractivity contribution in [2.24, 2.45) is 14.1 Å². The number of aryl methyl sites for hydroxylation is 1. The smallest absolute Gasteiger partial charge is 0.332 e. The number of thiocarbonyl (C=S) groups is 1. The maximum absolute atomic E-state index is 13.3. The predicted octanol–water partition coefficient (Wildman–Crippen LogP) is 3.88. The van der Waals surface area contributed by atoms with Crippen LogP contribution in [0.25, 0.3) is 17.2 Å². The Balaban J connectivity index is 1.57. The summed E-state index contributed by atoms with van der Waals surface area (Å²) in [6.45, 7) is -0.469. The molecule has 1 aliphatic rings. The minimum atomic E-state index is -1.18. The van der Waals surface area contributed by atoms with Crippen molar-refractivity contribution in [1.29, 1.82) is 0 Å². The van der Waals surface area contributed by atoms with Crippen molar-refractivity contribution in [3.8, 4) is 17.5 Å². The van der Waals surface area contributed by atoms with Gasteiger partial charge in [0.15, 0.2) is 22.7 Å². The fraction of sp³-hybridized carbons (Fsp3) is 0.185. The van der Waals surface area contributed by atoms with Crippen molar-refractivity contribution in [1.82, 2.24) is 23.6 Å². The van der Waals surface area contributed by atoms with Gasteiger partial charge >= 0.3 is 17.7 Å². The van der Waals surface area contributed by atoms with Gasteiger partial charge < -0.3 is 14.6 Å². The lowest BCUT2D eigenvalue weighted by atomic mass is 10.2. The molecule has 16 heteroatoms. The second-order valence-electron chi connectivity index (χ2n) is 9.27. The first-order valence-corrected chi connectivity index (χ1v) is 14.3. The molecule has 1 fully saturated rings. The van der Waals surface area contributed by atoms with Crippen LogP contribution < -0.4 is 20.7 Å². The molecule has 1 N–H and O–H groups in total. The summed E-state index contributed by atoms with van der Waals surface area (Å²) in [7, 11) is 4.29. The van der Waals surface area contributed by atoms with Gasteiger partial charge in [-0.05, 0) is 41.5 Å². The number of amides is 1. The van der Waals surface area contributed by atoms with Gasteiger partial charge in [-0.3, -0.25) is 33.0 Å².